The quantitative estimate of drug-likeness (QED) is 0.619. The largest absolute Gasteiger partial charge is 0.325 e. The average Bonchev–Trinajstić information content (AvgIpc) is 2.14. The van der Waals surface area contributed by atoms with E-state index in [1.54, 1.807) is 0 Å². The normalized spacial score (nSPS) is 11.9. The molecule has 15 heavy (non-hydrogen) atoms. The van der Waals surface area contributed by atoms with Gasteiger partial charge in [0.05, 0.1) is 6.54 Å². The lowest BCUT2D eigenvalue weighted by Crippen LogP contribution is -2.30. The topological polar surface area (TPSA) is 26.0 Å². The van der Waals surface area contributed by atoms with Crippen LogP contribution in [-0.4, -0.2) is 12.5 Å². The number of alkyl halides is 2. The number of hydrogen-bond acceptors (Lipinski definition) is 1. The van der Waals surface area contributed by atoms with Crippen LogP contribution in [0.5, 0.6) is 0 Å². The van der Waals surface area contributed by atoms with E-state index in [1.807, 2.05) is 0 Å². The van der Waals surface area contributed by atoms with Crippen molar-refractivity contribution >= 4 is 0 Å². The van der Waals surface area contributed by atoms with Gasteiger partial charge in [-0.25, -0.2) is 22.0 Å². The minimum absolute atomic E-state index is 0.233. The molecule has 0 unspecified atom stereocenters. The zero-order valence-corrected chi connectivity index (χ0v) is 7.54. The highest BCUT2D eigenvalue weighted by Crippen LogP contribution is 2.22. The van der Waals surface area contributed by atoms with Crippen LogP contribution >= 0.6 is 0 Å². The number of nitrogens with two attached hydrogens (primary N) is 1. The lowest BCUT2D eigenvalue weighted by molar-refractivity contribution is 0.0106. The van der Waals surface area contributed by atoms with Crippen LogP contribution in [0.1, 0.15) is 5.56 Å². The van der Waals surface area contributed by atoms with E-state index in [0.717, 1.165) is 0 Å². The van der Waals surface area contributed by atoms with Gasteiger partial charge >= 0.3 is 0 Å². The molecule has 6 heteroatoms. The molecule has 0 bridgehead atoms. The predicted octanol–water partition coefficient (Wildman–Crippen LogP) is 2.24. The minimum Gasteiger partial charge on any atom is -0.325 e. The minimum atomic E-state index is -3.33. The van der Waals surface area contributed by atoms with E-state index in [9.17, 15) is 22.0 Å². The first kappa shape index (κ1) is 11.9. The van der Waals surface area contributed by atoms with Gasteiger partial charge in [0, 0.05) is 12.5 Å². The van der Waals surface area contributed by atoms with Gasteiger partial charge in [-0.3, -0.25) is 0 Å². The summed E-state index contributed by atoms with van der Waals surface area (Å²) in [7, 11) is 0. The molecule has 0 aliphatic carbocycles. The summed E-state index contributed by atoms with van der Waals surface area (Å²) in [5.41, 5.74) is 4.14. The van der Waals surface area contributed by atoms with Crippen LogP contribution in [0.2, 0.25) is 0 Å². The Morgan fingerprint density at radius 1 is 1.00 bits per heavy atom. The average molecular weight is 225 g/mol. The summed E-state index contributed by atoms with van der Waals surface area (Å²) < 4.78 is 63.5. The lowest BCUT2D eigenvalue weighted by atomic mass is 10.1. The number of benzene rings is 1. The summed E-state index contributed by atoms with van der Waals surface area (Å²) in [5, 5.41) is 0. The van der Waals surface area contributed by atoms with Crippen LogP contribution in [0.4, 0.5) is 22.0 Å². The molecule has 84 valence electrons. The van der Waals surface area contributed by atoms with E-state index < -0.39 is 41.9 Å². The SMILES string of the molecule is NCC(F)(F)Cc1cc(F)c(F)cc1F. The molecule has 0 aliphatic rings. The molecule has 1 aromatic carbocycles. The fourth-order valence-electron chi connectivity index (χ4n) is 1.05. The molecule has 1 aromatic rings. The smallest absolute Gasteiger partial charge is 0.264 e. The summed E-state index contributed by atoms with van der Waals surface area (Å²) in [6.07, 6.45) is -1.05. The first-order valence-electron chi connectivity index (χ1n) is 4.07. The maximum Gasteiger partial charge on any atom is 0.264 e. The second-order valence-electron chi connectivity index (χ2n) is 3.09. The molecule has 0 radical (unpaired) electrons. The molecule has 0 heterocycles. The van der Waals surface area contributed by atoms with Crippen LogP contribution in [0.15, 0.2) is 12.1 Å². The highest BCUT2D eigenvalue weighted by molar-refractivity contribution is 5.21. The molecular weight excluding hydrogens is 217 g/mol. The van der Waals surface area contributed by atoms with Crippen molar-refractivity contribution in [3.8, 4) is 0 Å². The third-order valence-electron chi connectivity index (χ3n) is 1.84. The van der Waals surface area contributed by atoms with Crippen molar-refractivity contribution in [3.63, 3.8) is 0 Å². The van der Waals surface area contributed by atoms with Crippen molar-refractivity contribution in [2.45, 2.75) is 12.3 Å². The maximum atomic E-state index is 12.9. The van der Waals surface area contributed by atoms with Gasteiger partial charge in [0.25, 0.3) is 5.92 Å². The van der Waals surface area contributed by atoms with Gasteiger partial charge in [-0.05, 0) is 11.6 Å². The standard InChI is InChI=1S/C9H8F5N/c10-6-2-8(12)7(11)1-5(6)3-9(13,14)4-15/h1-2H,3-4,15H2. The number of hydrogen-bond donors (Lipinski definition) is 1. The van der Waals surface area contributed by atoms with Crippen molar-refractivity contribution in [2.75, 3.05) is 6.54 Å². The Kier molecular flexibility index (Phi) is 3.28. The highest BCUT2D eigenvalue weighted by atomic mass is 19.3. The Hall–Kier alpha value is -1.17. The second-order valence-corrected chi connectivity index (χ2v) is 3.09. The lowest BCUT2D eigenvalue weighted by Gasteiger charge is -2.14. The molecular formula is C9H8F5N. The van der Waals surface area contributed by atoms with E-state index in [1.165, 1.54) is 0 Å². The first-order chi connectivity index (χ1) is 6.85. The molecule has 1 rings (SSSR count). The molecule has 0 aromatic heterocycles. The van der Waals surface area contributed by atoms with Crippen molar-refractivity contribution in [1.29, 1.82) is 0 Å². The van der Waals surface area contributed by atoms with Gasteiger partial charge in [-0.2, -0.15) is 0 Å². The molecule has 2 N–H and O–H groups in total. The zero-order chi connectivity index (χ0) is 11.6. The Balaban J connectivity index is 3.01. The van der Waals surface area contributed by atoms with Crippen LogP contribution in [0.3, 0.4) is 0 Å². The highest BCUT2D eigenvalue weighted by Gasteiger charge is 2.29. The van der Waals surface area contributed by atoms with Gasteiger partial charge in [0.15, 0.2) is 11.6 Å². The Morgan fingerprint density at radius 2 is 1.53 bits per heavy atom. The summed E-state index contributed by atoms with van der Waals surface area (Å²) in [6, 6.07) is 0.644. The third kappa shape index (κ3) is 2.89. The van der Waals surface area contributed by atoms with Gasteiger partial charge < -0.3 is 5.73 Å². The van der Waals surface area contributed by atoms with Gasteiger partial charge in [-0.15, -0.1) is 0 Å². The van der Waals surface area contributed by atoms with Crippen LogP contribution < -0.4 is 5.73 Å². The summed E-state index contributed by atoms with van der Waals surface area (Å²) >= 11 is 0. The summed E-state index contributed by atoms with van der Waals surface area (Å²) in [6.45, 7) is -0.981. The van der Waals surface area contributed by atoms with Gasteiger partial charge in [0.1, 0.15) is 5.82 Å². The van der Waals surface area contributed by atoms with E-state index in [-0.39, 0.29) is 6.07 Å². The van der Waals surface area contributed by atoms with Gasteiger partial charge in [0.2, 0.25) is 0 Å². The third-order valence-corrected chi connectivity index (χ3v) is 1.84. The molecule has 0 amide bonds. The molecule has 0 atom stereocenters. The fourth-order valence-corrected chi connectivity index (χ4v) is 1.05. The molecule has 1 nitrogen and oxygen atoms in total. The van der Waals surface area contributed by atoms with Crippen molar-refractivity contribution < 1.29 is 22.0 Å². The Labute approximate surface area is 82.7 Å². The predicted molar refractivity (Wildman–Crippen MR) is 44.0 cm³/mol. The Morgan fingerprint density at radius 3 is 2.07 bits per heavy atom. The number of halogens is 5. The first-order valence-corrected chi connectivity index (χ1v) is 4.07. The fraction of sp³-hybridized carbons (Fsp3) is 0.333. The van der Waals surface area contributed by atoms with E-state index in [2.05, 4.69) is 0 Å². The molecule has 0 fully saturated rings. The summed E-state index contributed by atoms with van der Waals surface area (Å²) in [5.74, 6) is -7.31. The molecule has 0 spiro atoms. The Bertz CT molecular complexity index is 364. The van der Waals surface area contributed by atoms with Crippen LogP contribution in [-0.2, 0) is 6.42 Å². The van der Waals surface area contributed by atoms with E-state index >= 15 is 0 Å². The van der Waals surface area contributed by atoms with Crippen LogP contribution in [0, 0.1) is 17.5 Å². The van der Waals surface area contributed by atoms with Crippen LogP contribution in [0.25, 0.3) is 0 Å². The second kappa shape index (κ2) is 4.14. The molecule has 0 aliphatic heterocycles. The molecule has 0 saturated carbocycles. The summed E-state index contributed by atoms with van der Waals surface area (Å²) in [4.78, 5) is 0. The molecule has 0 saturated heterocycles. The maximum absolute atomic E-state index is 12.9. The van der Waals surface area contributed by atoms with E-state index in [4.69, 9.17) is 5.73 Å². The van der Waals surface area contributed by atoms with Crippen molar-refractivity contribution in [1.82, 2.24) is 0 Å². The monoisotopic (exact) mass is 225 g/mol. The van der Waals surface area contributed by atoms with Crippen molar-refractivity contribution in [3.05, 3.63) is 35.1 Å². The van der Waals surface area contributed by atoms with E-state index in [0.29, 0.717) is 6.07 Å². The van der Waals surface area contributed by atoms with Crippen molar-refractivity contribution in [2.24, 2.45) is 5.73 Å². The van der Waals surface area contributed by atoms with Gasteiger partial charge in [-0.1, -0.05) is 0 Å². The number of rotatable bonds is 3. The zero-order valence-electron chi connectivity index (χ0n) is 7.54.